The summed E-state index contributed by atoms with van der Waals surface area (Å²) < 4.78 is 16.0. The average molecular weight is 231 g/mol. The van der Waals surface area contributed by atoms with Crippen molar-refractivity contribution in [1.82, 2.24) is 0 Å². The Morgan fingerprint density at radius 1 is 1.19 bits per heavy atom. The Kier molecular flexibility index (Phi) is 4.85. The smallest absolute Gasteiger partial charge is 0.274 e. The molecule has 0 saturated heterocycles. The van der Waals surface area contributed by atoms with E-state index in [0.717, 1.165) is 5.57 Å². The molecule has 0 aromatic heterocycles. The van der Waals surface area contributed by atoms with E-state index in [4.69, 9.17) is 19.7 Å². The lowest BCUT2D eigenvalue weighted by atomic mass is 9.87. The molecule has 1 saturated carbocycles. The standard InChI is InChI=1S/C10H18N2O4/c1-14-7-4-6(10(13)12-11)5-8(15-2)9(7)16-3/h7-9,11,13H,4-5H2,1-3H3/p+1. The fourth-order valence-electron chi connectivity index (χ4n) is 2.05. The van der Waals surface area contributed by atoms with Gasteiger partial charge in [-0.15, -0.1) is 5.53 Å². The molecular weight excluding hydrogens is 212 g/mol. The molecule has 6 nitrogen and oxygen atoms in total. The van der Waals surface area contributed by atoms with E-state index < -0.39 is 0 Å². The number of hydrogen-bond donors (Lipinski definition) is 2. The molecule has 0 aromatic carbocycles. The summed E-state index contributed by atoms with van der Waals surface area (Å²) in [4.78, 5) is 0. The molecule has 92 valence electrons. The molecule has 0 aliphatic heterocycles. The molecule has 1 fully saturated rings. The van der Waals surface area contributed by atoms with Crippen LogP contribution in [0.15, 0.2) is 16.6 Å². The number of nitrogens with two attached hydrogens (primary N) is 1. The van der Waals surface area contributed by atoms with E-state index in [-0.39, 0.29) is 24.2 Å². The van der Waals surface area contributed by atoms with Gasteiger partial charge in [-0.1, -0.05) is 0 Å². The summed E-state index contributed by atoms with van der Waals surface area (Å²) in [5, 5.41) is 12.8. The summed E-state index contributed by atoms with van der Waals surface area (Å²) in [5.74, 6) is -0.140. The van der Waals surface area contributed by atoms with Crippen molar-refractivity contribution >= 4 is 0 Å². The van der Waals surface area contributed by atoms with Crippen LogP contribution in [-0.2, 0) is 14.2 Å². The van der Waals surface area contributed by atoms with E-state index in [0.29, 0.717) is 12.8 Å². The molecule has 0 amide bonds. The first-order valence-electron chi connectivity index (χ1n) is 5.08. The summed E-state index contributed by atoms with van der Waals surface area (Å²) in [7, 11) is 4.82. The van der Waals surface area contributed by atoms with Crippen molar-refractivity contribution in [2.75, 3.05) is 21.3 Å². The summed E-state index contributed by atoms with van der Waals surface area (Å²) >= 11 is 0. The Balaban J connectivity index is 2.90. The first kappa shape index (κ1) is 13.1. The number of aliphatic hydroxyl groups is 1. The van der Waals surface area contributed by atoms with E-state index in [2.05, 4.69) is 5.11 Å². The molecule has 0 aromatic rings. The highest BCUT2D eigenvalue weighted by molar-refractivity contribution is 5.14. The third kappa shape index (κ3) is 2.58. The molecule has 0 bridgehead atoms. The van der Waals surface area contributed by atoms with E-state index >= 15 is 0 Å². The van der Waals surface area contributed by atoms with Crippen LogP contribution in [0.25, 0.3) is 0 Å². The van der Waals surface area contributed by atoms with Crippen LogP contribution in [-0.4, -0.2) is 44.7 Å². The number of ether oxygens (including phenoxy) is 3. The Bertz CT molecular complexity index is 264. The van der Waals surface area contributed by atoms with Crippen LogP contribution < -0.4 is 5.53 Å². The summed E-state index contributed by atoms with van der Waals surface area (Å²) in [6.07, 6.45) is 0.609. The lowest BCUT2D eigenvalue weighted by Gasteiger charge is -2.36. The maximum Gasteiger partial charge on any atom is 0.274 e. The van der Waals surface area contributed by atoms with Crippen LogP contribution in [0.5, 0.6) is 0 Å². The highest BCUT2D eigenvalue weighted by atomic mass is 16.6. The zero-order valence-corrected chi connectivity index (χ0v) is 9.84. The van der Waals surface area contributed by atoms with Gasteiger partial charge in [0.05, 0.1) is 12.2 Å². The third-order valence-electron chi connectivity index (χ3n) is 2.94. The molecule has 2 unspecified atom stereocenters. The largest absolute Gasteiger partial charge is 0.489 e. The molecule has 1 aliphatic rings. The van der Waals surface area contributed by atoms with Crippen molar-refractivity contribution in [3.05, 3.63) is 11.5 Å². The summed E-state index contributed by atoms with van der Waals surface area (Å²) in [5.41, 5.74) is 5.78. The molecule has 1 aliphatic carbocycles. The van der Waals surface area contributed by atoms with Crippen molar-refractivity contribution in [2.45, 2.75) is 31.2 Å². The average Bonchev–Trinajstić information content (AvgIpc) is 2.35. The molecular formula is C10H19N2O4+. The van der Waals surface area contributed by atoms with Crippen LogP contribution in [0.2, 0.25) is 0 Å². The SMILES string of the molecule is COC1CC(=C(O)N=[NH2+])CC(OC)C1OC. The van der Waals surface area contributed by atoms with Crippen LogP contribution in [0.4, 0.5) is 0 Å². The monoisotopic (exact) mass is 231 g/mol. The molecule has 1 rings (SSSR count). The second kappa shape index (κ2) is 5.93. The van der Waals surface area contributed by atoms with E-state index in [9.17, 15) is 5.11 Å². The number of aliphatic hydroxyl groups excluding tert-OH is 1. The predicted molar refractivity (Wildman–Crippen MR) is 55.6 cm³/mol. The van der Waals surface area contributed by atoms with Gasteiger partial charge in [0, 0.05) is 44.9 Å². The lowest BCUT2D eigenvalue weighted by Crippen LogP contribution is -2.45. The van der Waals surface area contributed by atoms with Crippen molar-refractivity contribution in [3.63, 3.8) is 0 Å². The van der Waals surface area contributed by atoms with Gasteiger partial charge in [0.1, 0.15) is 6.10 Å². The van der Waals surface area contributed by atoms with Gasteiger partial charge >= 0.3 is 0 Å². The minimum absolute atomic E-state index is 0.140. The zero-order valence-electron chi connectivity index (χ0n) is 9.84. The topological polar surface area (TPSA) is 85.9 Å². The fraction of sp³-hybridized carbons (Fsp3) is 0.800. The van der Waals surface area contributed by atoms with Crippen LogP contribution >= 0.6 is 0 Å². The fourth-order valence-corrected chi connectivity index (χ4v) is 2.05. The van der Waals surface area contributed by atoms with Crippen LogP contribution in [0.1, 0.15) is 12.8 Å². The first-order chi connectivity index (χ1) is 7.67. The van der Waals surface area contributed by atoms with Crippen molar-refractivity contribution in [1.29, 1.82) is 0 Å². The number of hydrogen-bond acceptors (Lipinski definition) is 5. The van der Waals surface area contributed by atoms with Gasteiger partial charge in [0.2, 0.25) is 0 Å². The first-order valence-corrected chi connectivity index (χ1v) is 5.08. The molecule has 2 atom stereocenters. The normalized spacial score (nSPS) is 30.2. The second-order valence-electron chi connectivity index (χ2n) is 3.71. The minimum Gasteiger partial charge on any atom is -0.489 e. The maximum absolute atomic E-state index is 9.50. The zero-order chi connectivity index (χ0) is 12.1. The summed E-state index contributed by atoms with van der Waals surface area (Å²) in [6, 6.07) is 0. The molecule has 6 heteroatoms. The predicted octanol–water partition coefficient (Wildman–Crippen LogP) is -0.194. The van der Waals surface area contributed by atoms with Gasteiger partial charge in [-0.3, -0.25) is 0 Å². The Morgan fingerprint density at radius 3 is 2.00 bits per heavy atom. The summed E-state index contributed by atoms with van der Waals surface area (Å²) in [6.45, 7) is 0. The van der Waals surface area contributed by atoms with Gasteiger partial charge in [-0.05, 0) is 0 Å². The Morgan fingerprint density at radius 2 is 1.69 bits per heavy atom. The third-order valence-corrected chi connectivity index (χ3v) is 2.94. The van der Waals surface area contributed by atoms with E-state index in [1.54, 1.807) is 21.3 Å². The lowest BCUT2D eigenvalue weighted by molar-refractivity contribution is -0.221. The minimum atomic E-state index is -0.164. The van der Waals surface area contributed by atoms with Crippen molar-refractivity contribution in [2.24, 2.45) is 5.11 Å². The van der Waals surface area contributed by atoms with Crippen molar-refractivity contribution < 1.29 is 24.8 Å². The molecule has 3 N–H and O–H groups in total. The van der Waals surface area contributed by atoms with Crippen LogP contribution in [0.3, 0.4) is 0 Å². The highest BCUT2D eigenvalue weighted by Gasteiger charge is 2.37. The van der Waals surface area contributed by atoms with Gasteiger partial charge in [0.25, 0.3) is 5.88 Å². The van der Waals surface area contributed by atoms with E-state index in [1.165, 1.54) is 0 Å². The van der Waals surface area contributed by atoms with Gasteiger partial charge in [-0.2, -0.15) is 0 Å². The number of rotatable bonds is 4. The number of methoxy groups -OCH3 is 3. The maximum atomic E-state index is 9.50. The second-order valence-corrected chi connectivity index (χ2v) is 3.71. The molecule has 0 heterocycles. The van der Waals surface area contributed by atoms with Crippen molar-refractivity contribution in [3.8, 4) is 0 Å². The number of nitrogens with zero attached hydrogens (tertiary/aromatic N) is 1. The van der Waals surface area contributed by atoms with Gasteiger partial charge in [0.15, 0.2) is 0 Å². The quantitative estimate of drug-likeness (QED) is 0.518. The van der Waals surface area contributed by atoms with Crippen LogP contribution in [0, 0.1) is 0 Å². The molecule has 0 radical (unpaired) electrons. The van der Waals surface area contributed by atoms with Gasteiger partial charge in [-0.25, -0.2) is 0 Å². The Labute approximate surface area is 94.7 Å². The molecule has 16 heavy (non-hydrogen) atoms. The van der Waals surface area contributed by atoms with E-state index in [1.807, 2.05) is 0 Å². The highest BCUT2D eigenvalue weighted by Crippen LogP contribution is 2.31. The van der Waals surface area contributed by atoms with Gasteiger partial charge < -0.3 is 19.3 Å². The molecule has 0 spiro atoms. The Hall–Kier alpha value is -0.980.